The monoisotopic (exact) mass is 340 g/mol. The van der Waals surface area contributed by atoms with Crippen LogP contribution in [0.15, 0.2) is 46.9 Å². The highest BCUT2D eigenvalue weighted by molar-refractivity contribution is 9.10. The Balaban J connectivity index is 2.08. The molecule has 0 heterocycles. The molecular formula is C15H14BrClO2. The molecule has 0 bridgehead atoms. The molecule has 0 radical (unpaired) electrons. The number of hydrogen-bond donors (Lipinski definition) is 1. The number of halogens is 2. The Kier molecular flexibility index (Phi) is 4.86. The Labute approximate surface area is 126 Å². The van der Waals surface area contributed by atoms with Gasteiger partial charge in [0.25, 0.3) is 0 Å². The quantitative estimate of drug-likeness (QED) is 0.870. The zero-order valence-corrected chi connectivity index (χ0v) is 12.8. The average Bonchev–Trinajstić information content (AvgIpc) is 2.38. The van der Waals surface area contributed by atoms with Crippen LogP contribution in [0.5, 0.6) is 5.75 Å². The fourth-order valence-corrected chi connectivity index (χ4v) is 2.39. The molecule has 2 aromatic carbocycles. The van der Waals surface area contributed by atoms with Crippen molar-refractivity contribution < 1.29 is 9.84 Å². The number of hydrogen-bond acceptors (Lipinski definition) is 2. The molecule has 1 N–H and O–H groups in total. The summed E-state index contributed by atoms with van der Waals surface area (Å²) in [5, 5.41) is 10.2. The van der Waals surface area contributed by atoms with Crippen LogP contribution in [-0.4, -0.2) is 5.11 Å². The molecule has 0 unspecified atom stereocenters. The highest BCUT2D eigenvalue weighted by Gasteiger charge is 2.05. The van der Waals surface area contributed by atoms with E-state index in [0.29, 0.717) is 11.6 Å². The van der Waals surface area contributed by atoms with Crippen LogP contribution in [0.4, 0.5) is 0 Å². The summed E-state index contributed by atoms with van der Waals surface area (Å²) < 4.78 is 6.63. The van der Waals surface area contributed by atoms with E-state index in [4.69, 9.17) is 16.3 Å². The van der Waals surface area contributed by atoms with Gasteiger partial charge >= 0.3 is 0 Å². The summed E-state index contributed by atoms with van der Waals surface area (Å²) in [6.45, 7) is 2.13. The Hall–Kier alpha value is -1.03. The molecule has 0 aliphatic carbocycles. The summed E-state index contributed by atoms with van der Waals surface area (Å²) in [5.74, 6) is 0.720. The van der Waals surface area contributed by atoms with Gasteiger partial charge in [0, 0.05) is 15.1 Å². The van der Waals surface area contributed by atoms with E-state index >= 15 is 0 Å². The van der Waals surface area contributed by atoms with Crippen LogP contribution in [0.2, 0.25) is 5.02 Å². The fraction of sp³-hybridized carbons (Fsp3) is 0.200. The van der Waals surface area contributed by atoms with Gasteiger partial charge in [0.2, 0.25) is 0 Å². The van der Waals surface area contributed by atoms with E-state index in [1.165, 1.54) is 0 Å². The molecular weight excluding hydrogens is 328 g/mol. The van der Waals surface area contributed by atoms with E-state index in [1.54, 1.807) is 6.92 Å². The first-order chi connectivity index (χ1) is 9.06. The third-order valence-electron chi connectivity index (χ3n) is 2.75. The Morgan fingerprint density at radius 2 is 2.05 bits per heavy atom. The van der Waals surface area contributed by atoms with Crippen LogP contribution in [0, 0.1) is 0 Å². The summed E-state index contributed by atoms with van der Waals surface area (Å²) in [5.41, 5.74) is 1.76. The van der Waals surface area contributed by atoms with Gasteiger partial charge in [-0.2, -0.15) is 0 Å². The van der Waals surface area contributed by atoms with E-state index in [-0.39, 0.29) is 0 Å². The molecule has 0 aromatic heterocycles. The molecule has 0 amide bonds. The molecule has 19 heavy (non-hydrogen) atoms. The van der Waals surface area contributed by atoms with E-state index in [1.807, 2.05) is 42.5 Å². The molecule has 0 aliphatic rings. The average molecular weight is 342 g/mol. The van der Waals surface area contributed by atoms with Crippen molar-refractivity contribution >= 4 is 27.5 Å². The van der Waals surface area contributed by atoms with Gasteiger partial charge in [0.1, 0.15) is 12.4 Å². The molecule has 4 heteroatoms. The fourth-order valence-electron chi connectivity index (χ4n) is 1.66. The van der Waals surface area contributed by atoms with Crippen molar-refractivity contribution in [2.24, 2.45) is 0 Å². The molecule has 0 aliphatic heterocycles. The van der Waals surface area contributed by atoms with Gasteiger partial charge in [-0.05, 0) is 36.8 Å². The third-order valence-corrected chi connectivity index (χ3v) is 3.60. The minimum atomic E-state index is -0.500. The zero-order chi connectivity index (χ0) is 13.8. The number of benzene rings is 2. The van der Waals surface area contributed by atoms with E-state index in [0.717, 1.165) is 21.3 Å². The smallest absolute Gasteiger partial charge is 0.120 e. The molecule has 2 nitrogen and oxygen atoms in total. The Morgan fingerprint density at radius 1 is 1.26 bits per heavy atom. The molecule has 0 saturated heterocycles. The SMILES string of the molecule is C[C@@H](O)c1cccc(OCc2ccc(Br)cc2Cl)c1. The van der Waals surface area contributed by atoms with Crippen molar-refractivity contribution in [1.82, 2.24) is 0 Å². The predicted octanol–water partition coefficient (Wildman–Crippen LogP) is 4.73. The molecule has 2 aromatic rings. The van der Waals surface area contributed by atoms with Gasteiger partial charge < -0.3 is 9.84 Å². The first kappa shape index (κ1) is 14.4. The van der Waals surface area contributed by atoms with Crippen LogP contribution in [-0.2, 0) is 6.61 Å². The van der Waals surface area contributed by atoms with E-state index < -0.39 is 6.10 Å². The maximum Gasteiger partial charge on any atom is 0.120 e. The lowest BCUT2D eigenvalue weighted by Gasteiger charge is -2.10. The molecule has 0 saturated carbocycles. The highest BCUT2D eigenvalue weighted by atomic mass is 79.9. The maximum absolute atomic E-state index is 9.53. The largest absolute Gasteiger partial charge is 0.489 e. The number of aliphatic hydroxyl groups is 1. The lowest BCUT2D eigenvalue weighted by Crippen LogP contribution is -1.98. The standard InChI is InChI=1S/C15H14BrClO2/c1-10(18)11-3-2-4-14(7-11)19-9-12-5-6-13(16)8-15(12)17/h2-8,10,18H,9H2,1H3/t10-/m1/s1. The first-order valence-electron chi connectivity index (χ1n) is 5.91. The summed E-state index contributed by atoms with van der Waals surface area (Å²) in [7, 11) is 0. The molecule has 1 atom stereocenters. The lowest BCUT2D eigenvalue weighted by atomic mass is 10.1. The van der Waals surface area contributed by atoms with Gasteiger partial charge in [0.05, 0.1) is 6.10 Å². The minimum absolute atomic E-state index is 0.398. The number of ether oxygens (including phenoxy) is 1. The first-order valence-corrected chi connectivity index (χ1v) is 7.08. The van der Waals surface area contributed by atoms with E-state index in [9.17, 15) is 5.11 Å². The summed E-state index contributed by atoms with van der Waals surface area (Å²) >= 11 is 9.49. The second-order valence-electron chi connectivity index (χ2n) is 4.27. The maximum atomic E-state index is 9.53. The Bertz CT molecular complexity index is 570. The van der Waals surface area contributed by atoms with Crippen LogP contribution in [0.3, 0.4) is 0 Å². The van der Waals surface area contributed by atoms with Gasteiger partial charge in [-0.1, -0.05) is 45.7 Å². The van der Waals surface area contributed by atoms with Crippen LogP contribution >= 0.6 is 27.5 Å². The van der Waals surface area contributed by atoms with Crippen LogP contribution in [0.1, 0.15) is 24.2 Å². The molecule has 100 valence electrons. The van der Waals surface area contributed by atoms with Gasteiger partial charge in [-0.25, -0.2) is 0 Å². The summed E-state index contributed by atoms with van der Waals surface area (Å²) in [4.78, 5) is 0. The molecule has 2 rings (SSSR count). The topological polar surface area (TPSA) is 29.5 Å². The van der Waals surface area contributed by atoms with Gasteiger partial charge in [-0.15, -0.1) is 0 Å². The Morgan fingerprint density at radius 3 is 2.74 bits per heavy atom. The van der Waals surface area contributed by atoms with Crippen molar-refractivity contribution in [2.45, 2.75) is 19.6 Å². The number of rotatable bonds is 4. The second kappa shape index (κ2) is 6.42. The molecule has 0 fully saturated rings. The lowest BCUT2D eigenvalue weighted by molar-refractivity contribution is 0.198. The van der Waals surface area contributed by atoms with Crippen molar-refractivity contribution in [3.8, 4) is 5.75 Å². The van der Waals surface area contributed by atoms with E-state index in [2.05, 4.69) is 15.9 Å². The normalized spacial score (nSPS) is 12.2. The van der Waals surface area contributed by atoms with Crippen LogP contribution in [0.25, 0.3) is 0 Å². The van der Waals surface area contributed by atoms with Gasteiger partial charge in [0.15, 0.2) is 0 Å². The number of aliphatic hydroxyl groups excluding tert-OH is 1. The minimum Gasteiger partial charge on any atom is -0.489 e. The highest BCUT2D eigenvalue weighted by Crippen LogP contribution is 2.24. The predicted molar refractivity (Wildman–Crippen MR) is 80.6 cm³/mol. The van der Waals surface area contributed by atoms with Crippen molar-refractivity contribution in [2.75, 3.05) is 0 Å². The molecule has 0 spiro atoms. The third kappa shape index (κ3) is 3.96. The second-order valence-corrected chi connectivity index (χ2v) is 5.60. The van der Waals surface area contributed by atoms with Crippen LogP contribution < -0.4 is 4.74 Å². The van der Waals surface area contributed by atoms with Crippen molar-refractivity contribution in [3.63, 3.8) is 0 Å². The van der Waals surface area contributed by atoms with Crippen molar-refractivity contribution in [3.05, 3.63) is 63.1 Å². The zero-order valence-electron chi connectivity index (χ0n) is 10.4. The van der Waals surface area contributed by atoms with Crippen molar-refractivity contribution in [1.29, 1.82) is 0 Å². The summed E-state index contributed by atoms with van der Waals surface area (Å²) in [6, 6.07) is 13.1. The van der Waals surface area contributed by atoms with Gasteiger partial charge in [-0.3, -0.25) is 0 Å². The summed E-state index contributed by atoms with van der Waals surface area (Å²) in [6.07, 6.45) is -0.500.